The second-order valence-electron chi connectivity index (χ2n) is 3.39. The molecule has 0 saturated heterocycles. The molecule has 1 N–H and O–H groups in total. The van der Waals surface area contributed by atoms with Crippen molar-refractivity contribution < 1.29 is 18.3 Å². The molecule has 17 heavy (non-hydrogen) atoms. The maximum atomic E-state index is 13.3. The van der Waals surface area contributed by atoms with Gasteiger partial charge in [0, 0.05) is 18.2 Å². The van der Waals surface area contributed by atoms with Crippen LogP contribution < -0.4 is 4.74 Å². The molecule has 2 rings (SSSR count). The first kappa shape index (κ1) is 11.4. The topological polar surface area (TPSA) is 22.0 Å². The van der Waals surface area contributed by atoms with Gasteiger partial charge in [-0.2, -0.15) is 0 Å². The Labute approximate surface area is 97.4 Å². The molecule has 2 aromatic carbocycles. The molecule has 0 radical (unpaired) electrons. The molecular weight excluding hydrogens is 226 g/mol. The zero-order valence-electron chi connectivity index (χ0n) is 9.15. The van der Waals surface area contributed by atoms with Gasteiger partial charge < -0.3 is 9.47 Å². The van der Waals surface area contributed by atoms with Crippen LogP contribution in [0.1, 0.15) is 0 Å². The summed E-state index contributed by atoms with van der Waals surface area (Å²) in [5.74, 6) is -0.0864. The molecule has 0 aliphatic rings. The van der Waals surface area contributed by atoms with Crippen molar-refractivity contribution in [3.8, 4) is 17.2 Å². The van der Waals surface area contributed by atoms with Crippen molar-refractivity contribution in [3.05, 3.63) is 54.1 Å². The fraction of sp³-hybridized carbons (Fsp3) is 0.0769. The van der Waals surface area contributed by atoms with Crippen LogP contribution in [0, 0.1) is 11.6 Å². The van der Waals surface area contributed by atoms with E-state index >= 15 is 0 Å². The summed E-state index contributed by atoms with van der Waals surface area (Å²) >= 11 is 0. The third-order valence-electron chi connectivity index (χ3n) is 2.22. The monoisotopic (exact) mass is 237 g/mol. The summed E-state index contributed by atoms with van der Waals surface area (Å²) in [4.78, 5) is 0. The Kier molecular flexibility index (Phi) is 3.23. The van der Waals surface area contributed by atoms with Gasteiger partial charge in [-0.25, -0.2) is 8.78 Å². The van der Waals surface area contributed by atoms with Gasteiger partial charge >= 0.3 is 0 Å². The number of aliphatic hydroxyl groups is 1. The summed E-state index contributed by atoms with van der Waals surface area (Å²) in [6.45, 7) is 0. The molecule has 0 bridgehead atoms. The minimum Gasteiger partial charge on any atom is -0.585 e. The van der Waals surface area contributed by atoms with Gasteiger partial charge in [-0.1, -0.05) is 0 Å². The van der Waals surface area contributed by atoms with Gasteiger partial charge in [-0.05, 0) is 24.3 Å². The van der Waals surface area contributed by atoms with E-state index in [9.17, 15) is 8.78 Å². The zero-order chi connectivity index (χ0) is 12.3. The second kappa shape index (κ2) is 4.82. The molecule has 88 valence electrons. The lowest BCUT2D eigenvalue weighted by Gasteiger charge is -2.06. The zero-order valence-corrected chi connectivity index (χ0v) is 9.15. The van der Waals surface area contributed by atoms with Crippen LogP contribution >= 0.6 is 0 Å². The summed E-state index contributed by atoms with van der Waals surface area (Å²) in [7, 11) is 1.68. The summed E-state index contributed by atoms with van der Waals surface area (Å²) in [6.07, 6.45) is 0. The van der Waals surface area contributed by atoms with E-state index in [-0.39, 0.29) is 5.75 Å². The normalized spacial score (nSPS) is 10.1. The molecule has 0 saturated carbocycles. The van der Waals surface area contributed by atoms with E-state index in [0.717, 1.165) is 17.9 Å². The van der Waals surface area contributed by atoms with Gasteiger partial charge in [0.1, 0.15) is 11.6 Å². The average molecular weight is 237 g/mol. The van der Waals surface area contributed by atoms with Crippen molar-refractivity contribution in [1.29, 1.82) is 0 Å². The largest absolute Gasteiger partial charge is 0.585 e. The predicted octanol–water partition coefficient (Wildman–Crippen LogP) is 3.63. The Bertz CT molecular complexity index is 509. The Morgan fingerprint density at radius 1 is 1.00 bits per heavy atom. The fourth-order valence-corrected chi connectivity index (χ4v) is 1.35. The van der Waals surface area contributed by atoms with Gasteiger partial charge in [0.2, 0.25) is 0 Å². The van der Waals surface area contributed by atoms with Gasteiger partial charge in [0.15, 0.2) is 18.7 Å². The number of benzene rings is 2. The summed E-state index contributed by atoms with van der Waals surface area (Å²) in [6, 6.07) is 10.0. The third-order valence-corrected chi connectivity index (χ3v) is 2.22. The van der Waals surface area contributed by atoms with Crippen LogP contribution in [0.3, 0.4) is 0 Å². The molecule has 4 heteroatoms. The van der Waals surface area contributed by atoms with E-state index in [2.05, 4.69) is 4.74 Å². The van der Waals surface area contributed by atoms with E-state index in [1.54, 1.807) is 31.4 Å². The highest BCUT2D eigenvalue weighted by atomic mass is 19.1. The van der Waals surface area contributed by atoms with Crippen molar-refractivity contribution >= 4 is 0 Å². The van der Waals surface area contributed by atoms with Crippen molar-refractivity contribution in [2.45, 2.75) is 0 Å². The molecule has 0 aliphatic carbocycles. The Hall–Kier alpha value is -2.10. The van der Waals surface area contributed by atoms with Crippen LogP contribution in [-0.2, 0) is 0 Å². The van der Waals surface area contributed by atoms with Crippen molar-refractivity contribution in [2.75, 3.05) is 7.11 Å². The van der Waals surface area contributed by atoms with Crippen LogP contribution in [0.15, 0.2) is 42.5 Å². The highest BCUT2D eigenvalue weighted by Crippen LogP contribution is 2.26. The Morgan fingerprint density at radius 3 is 2.29 bits per heavy atom. The molecule has 0 aromatic heterocycles. The quantitative estimate of drug-likeness (QED) is 0.747. The third kappa shape index (κ3) is 2.72. The summed E-state index contributed by atoms with van der Waals surface area (Å²) in [5, 5.41) is 0. The average Bonchev–Trinajstić information content (AvgIpc) is 2.34. The molecule has 2 aromatic rings. The first-order chi connectivity index (χ1) is 8.19. The van der Waals surface area contributed by atoms with Gasteiger partial charge in [-0.15, -0.1) is 0 Å². The fourth-order valence-electron chi connectivity index (χ4n) is 1.35. The SMILES string of the molecule is C[OH+]c1ccc(Oc2ccc(F)cc2F)cc1. The first-order valence-corrected chi connectivity index (χ1v) is 5.02. The van der Waals surface area contributed by atoms with E-state index in [4.69, 9.17) is 4.74 Å². The van der Waals surface area contributed by atoms with Crippen LogP contribution in [-0.4, -0.2) is 11.8 Å². The highest BCUT2D eigenvalue weighted by molar-refractivity contribution is 5.35. The molecule has 0 atom stereocenters. The van der Waals surface area contributed by atoms with E-state index in [0.29, 0.717) is 5.75 Å². The number of hydrogen-bond donors (Lipinski definition) is 0. The van der Waals surface area contributed by atoms with Crippen molar-refractivity contribution in [2.24, 2.45) is 0 Å². The lowest BCUT2D eigenvalue weighted by molar-refractivity contribution is 0.136. The lowest BCUT2D eigenvalue weighted by Crippen LogP contribution is -1.89. The Balaban J connectivity index is 2.19. The standard InChI is InChI=1S/C13H10F2O2/c1-16-10-3-5-11(6-4-10)17-13-7-2-9(14)8-12(13)15/h2-8H,1H3/p+1. The van der Waals surface area contributed by atoms with Crippen LogP contribution in [0.2, 0.25) is 0 Å². The molecule has 0 fully saturated rings. The minimum atomic E-state index is -0.728. The predicted molar refractivity (Wildman–Crippen MR) is 60.5 cm³/mol. The number of aromatic hydroxyl groups is 1. The molecular formula is C13H11F2O2+. The number of halogens is 2. The highest BCUT2D eigenvalue weighted by Gasteiger charge is 2.06. The molecule has 0 aliphatic heterocycles. The molecule has 0 spiro atoms. The minimum absolute atomic E-state index is 0.00686. The van der Waals surface area contributed by atoms with Gasteiger partial charge in [0.05, 0.1) is 0 Å². The van der Waals surface area contributed by atoms with Crippen LogP contribution in [0.25, 0.3) is 0 Å². The lowest BCUT2D eigenvalue weighted by atomic mass is 10.3. The van der Waals surface area contributed by atoms with Gasteiger partial charge in [0.25, 0.3) is 5.75 Å². The summed E-state index contributed by atoms with van der Waals surface area (Å²) in [5.41, 5.74) is 0. The van der Waals surface area contributed by atoms with Gasteiger partial charge in [-0.3, -0.25) is 0 Å². The second-order valence-corrected chi connectivity index (χ2v) is 3.39. The summed E-state index contributed by atoms with van der Waals surface area (Å²) < 4.78 is 35.2. The molecule has 0 amide bonds. The van der Waals surface area contributed by atoms with E-state index in [1.165, 1.54) is 6.07 Å². The number of hydrogen-bond acceptors (Lipinski definition) is 1. The van der Waals surface area contributed by atoms with Crippen molar-refractivity contribution in [3.63, 3.8) is 0 Å². The molecule has 0 unspecified atom stereocenters. The molecule has 0 heterocycles. The number of rotatable bonds is 3. The smallest absolute Gasteiger partial charge is 0.254 e. The van der Waals surface area contributed by atoms with E-state index < -0.39 is 11.6 Å². The maximum absolute atomic E-state index is 13.3. The Morgan fingerprint density at radius 2 is 1.71 bits per heavy atom. The van der Waals surface area contributed by atoms with E-state index in [1.807, 2.05) is 0 Å². The van der Waals surface area contributed by atoms with Crippen LogP contribution in [0.5, 0.6) is 17.2 Å². The molecule has 2 nitrogen and oxygen atoms in total. The van der Waals surface area contributed by atoms with Crippen molar-refractivity contribution in [1.82, 2.24) is 0 Å². The van der Waals surface area contributed by atoms with Crippen LogP contribution in [0.4, 0.5) is 8.78 Å². The maximum Gasteiger partial charge on any atom is 0.254 e. The number of ether oxygens (including phenoxy) is 2. The first-order valence-electron chi connectivity index (χ1n) is 5.02.